The Labute approximate surface area is 113 Å². The Bertz CT molecular complexity index is 434. The highest BCUT2D eigenvalue weighted by molar-refractivity contribution is 5.77. The Morgan fingerprint density at radius 2 is 2.16 bits per heavy atom. The Balaban J connectivity index is 2.19. The van der Waals surface area contributed by atoms with Gasteiger partial charge in [0, 0.05) is 6.61 Å². The second-order valence-electron chi connectivity index (χ2n) is 5.50. The summed E-state index contributed by atoms with van der Waals surface area (Å²) >= 11 is 0. The van der Waals surface area contributed by atoms with Gasteiger partial charge >= 0.3 is 0 Å². The first-order valence-corrected chi connectivity index (χ1v) is 7.02. The second-order valence-corrected chi connectivity index (χ2v) is 5.50. The lowest BCUT2D eigenvalue weighted by molar-refractivity contribution is -0.116. The van der Waals surface area contributed by atoms with E-state index in [1.807, 2.05) is 6.92 Å². The standard InChI is InChI=1S/C14H22N2O3/c1-4-18-14(7-5-10(2)6-8-14)13-15-12(19-16-13)9-11(3)17/h10H,4-9H2,1-3H3. The molecule has 1 aliphatic rings. The van der Waals surface area contributed by atoms with Gasteiger partial charge in [0.25, 0.3) is 0 Å². The van der Waals surface area contributed by atoms with Gasteiger partial charge in [0.2, 0.25) is 11.7 Å². The number of hydrogen-bond acceptors (Lipinski definition) is 5. The molecular formula is C14H22N2O3. The monoisotopic (exact) mass is 266 g/mol. The molecule has 1 aromatic rings. The Morgan fingerprint density at radius 3 is 2.74 bits per heavy atom. The SMILES string of the molecule is CCOC1(c2noc(CC(C)=O)n2)CCC(C)CC1. The number of carbonyl (C=O) groups excluding carboxylic acids is 1. The van der Waals surface area contributed by atoms with Gasteiger partial charge in [-0.25, -0.2) is 0 Å². The Kier molecular flexibility index (Phi) is 4.34. The average Bonchev–Trinajstić information content (AvgIpc) is 2.81. The summed E-state index contributed by atoms with van der Waals surface area (Å²) < 4.78 is 11.1. The fraction of sp³-hybridized carbons (Fsp3) is 0.786. The van der Waals surface area contributed by atoms with Crippen LogP contribution >= 0.6 is 0 Å². The van der Waals surface area contributed by atoms with Crippen LogP contribution in [0.5, 0.6) is 0 Å². The van der Waals surface area contributed by atoms with Crippen molar-refractivity contribution in [2.45, 2.75) is 58.5 Å². The van der Waals surface area contributed by atoms with Gasteiger partial charge in [-0.1, -0.05) is 12.1 Å². The number of hydrogen-bond donors (Lipinski definition) is 0. The van der Waals surface area contributed by atoms with Crippen LogP contribution in [0.1, 0.15) is 58.2 Å². The third-order valence-corrected chi connectivity index (χ3v) is 3.78. The van der Waals surface area contributed by atoms with Crippen LogP contribution in [0.4, 0.5) is 0 Å². The van der Waals surface area contributed by atoms with E-state index >= 15 is 0 Å². The topological polar surface area (TPSA) is 65.2 Å². The van der Waals surface area contributed by atoms with Crippen LogP contribution in [-0.4, -0.2) is 22.5 Å². The molecule has 0 atom stereocenters. The third kappa shape index (κ3) is 3.21. The first kappa shape index (κ1) is 14.2. The lowest BCUT2D eigenvalue weighted by Crippen LogP contribution is -2.35. The summed E-state index contributed by atoms with van der Waals surface area (Å²) in [4.78, 5) is 15.5. The van der Waals surface area contributed by atoms with E-state index in [2.05, 4.69) is 17.1 Å². The molecule has 1 fully saturated rings. The Hall–Kier alpha value is -1.23. The van der Waals surface area contributed by atoms with Crippen molar-refractivity contribution in [1.82, 2.24) is 10.1 Å². The molecule has 5 heteroatoms. The van der Waals surface area contributed by atoms with Crippen LogP contribution in [-0.2, 0) is 21.6 Å². The molecule has 0 spiro atoms. The van der Waals surface area contributed by atoms with E-state index in [-0.39, 0.29) is 12.2 Å². The fourth-order valence-electron chi connectivity index (χ4n) is 2.66. The first-order valence-electron chi connectivity index (χ1n) is 7.02. The summed E-state index contributed by atoms with van der Waals surface area (Å²) in [6.07, 6.45) is 4.25. The van der Waals surface area contributed by atoms with Crippen molar-refractivity contribution in [3.63, 3.8) is 0 Å². The lowest BCUT2D eigenvalue weighted by atomic mass is 9.79. The van der Waals surface area contributed by atoms with Gasteiger partial charge in [0.1, 0.15) is 11.4 Å². The fourth-order valence-corrected chi connectivity index (χ4v) is 2.66. The zero-order valence-corrected chi connectivity index (χ0v) is 11.9. The molecule has 1 aliphatic carbocycles. The van der Waals surface area contributed by atoms with Crippen molar-refractivity contribution in [3.05, 3.63) is 11.7 Å². The van der Waals surface area contributed by atoms with Gasteiger partial charge < -0.3 is 9.26 Å². The average molecular weight is 266 g/mol. The molecule has 1 saturated carbocycles. The molecule has 1 aromatic heterocycles. The summed E-state index contributed by atoms with van der Waals surface area (Å²) in [5.41, 5.74) is -0.417. The molecule has 5 nitrogen and oxygen atoms in total. The maximum absolute atomic E-state index is 11.1. The zero-order chi connectivity index (χ0) is 13.9. The lowest BCUT2D eigenvalue weighted by Gasteiger charge is -2.36. The summed E-state index contributed by atoms with van der Waals surface area (Å²) in [7, 11) is 0. The van der Waals surface area contributed by atoms with Gasteiger partial charge in [0.05, 0.1) is 6.42 Å². The first-order chi connectivity index (χ1) is 9.05. The molecule has 0 radical (unpaired) electrons. The third-order valence-electron chi connectivity index (χ3n) is 3.78. The molecule has 0 aliphatic heterocycles. The predicted molar refractivity (Wildman–Crippen MR) is 69.6 cm³/mol. The van der Waals surface area contributed by atoms with Crippen LogP contribution in [0.25, 0.3) is 0 Å². The predicted octanol–water partition coefficient (Wildman–Crippen LogP) is 2.64. The van der Waals surface area contributed by atoms with Crippen LogP contribution in [0, 0.1) is 5.92 Å². The summed E-state index contributed by atoms with van der Waals surface area (Å²) in [5, 5.41) is 4.05. The van der Waals surface area contributed by atoms with E-state index < -0.39 is 5.60 Å². The molecule has 0 bridgehead atoms. The molecular weight excluding hydrogens is 244 g/mol. The molecule has 0 aromatic carbocycles. The van der Waals surface area contributed by atoms with Gasteiger partial charge in [-0.2, -0.15) is 4.98 Å². The zero-order valence-electron chi connectivity index (χ0n) is 11.9. The highest BCUT2D eigenvalue weighted by atomic mass is 16.5. The van der Waals surface area contributed by atoms with Crippen molar-refractivity contribution in [1.29, 1.82) is 0 Å². The molecule has 0 N–H and O–H groups in total. The van der Waals surface area contributed by atoms with Crippen molar-refractivity contribution in [3.8, 4) is 0 Å². The largest absolute Gasteiger partial charge is 0.367 e. The number of ether oxygens (including phenoxy) is 1. The second kappa shape index (κ2) is 5.82. The van der Waals surface area contributed by atoms with Crippen molar-refractivity contribution >= 4 is 5.78 Å². The summed E-state index contributed by atoms with van der Waals surface area (Å²) in [6.45, 7) is 6.39. The van der Waals surface area contributed by atoms with E-state index in [0.717, 1.165) is 31.6 Å². The minimum absolute atomic E-state index is 0.0259. The molecule has 0 unspecified atom stereocenters. The quantitative estimate of drug-likeness (QED) is 0.819. The number of nitrogens with zero attached hydrogens (tertiary/aromatic N) is 2. The van der Waals surface area contributed by atoms with E-state index in [0.29, 0.717) is 18.3 Å². The number of ketones is 1. The number of Topliss-reactive ketones (excluding diaryl/α,β-unsaturated/α-hetero) is 1. The minimum Gasteiger partial charge on any atom is -0.367 e. The van der Waals surface area contributed by atoms with Gasteiger partial charge in [-0.15, -0.1) is 0 Å². The van der Waals surface area contributed by atoms with E-state index in [9.17, 15) is 4.79 Å². The van der Waals surface area contributed by atoms with Gasteiger partial charge in [-0.3, -0.25) is 4.79 Å². The molecule has 0 saturated heterocycles. The smallest absolute Gasteiger partial charge is 0.234 e. The number of aromatic nitrogens is 2. The maximum Gasteiger partial charge on any atom is 0.234 e. The Morgan fingerprint density at radius 1 is 1.47 bits per heavy atom. The van der Waals surface area contributed by atoms with Gasteiger partial charge in [0.15, 0.2) is 0 Å². The van der Waals surface area contributed by atoms with Crippen LogP contribution in [0.3, 0.4) is 0 Å². The molecule has 19 heavy (non-hydrogen) atoms. The minimum atomic E-state index is -0.417. The van der Waals surface area contributed by atoms with Crippen LogP contribution in [0.2, 0.25) is 0 Å². The van der Waals surface area contributed by atoms with Crippen molar-refractivity contribution < 1.29 is 14.1 Å². The number of rotatable bonds is 5. The summed E-state index contributed by atoms with van der Waals surface area (Å²) in [5.74, 6) is 1.74. The van der Waals surface area contributed by atoms with Crippen LogP contribution in [0.15, 0.2) is 4.52 Å². The molecule has 1 heterocycles. The van der Waals surface area contributed by atoms with E-state index in [1.54, 1.807) is 0 Å². The summed E-state index contributed by atoms with van der Waals surface area (Å²) in [6, 6.07) is 0. The normalized spacial score (nSPS) is 27.4. The highest BCUT2D eigenvalue weighted by Crippen LogP contribution is 2.41. The molecule has 106 valence electrons. The van der Waals surface area contributed by atoms with Gasteiger partial charge in [-0.05, 0) is 45.4 Å². The molecule has 0 amide bonds. The highest BCUT2D eigenvalue weighted by Gasteiger charge is 2.40. The van der Waals surface area contributed by atoms with E-state index in [1.165, 1.54) is 6.92 Å². The van der Waals surface area contributed by atoms with E-state index in [4.69, 9.17) is 9.26 Å². The molecule has 2 rings (SSSR count). The van der Waals surface area contributed by atoms with Crippen LogP contribution < -0.4 is 0 Å². The maximum atomic E-state index is 11.1. The number of carbonyl (C=O) groups is 1. The van der Waals surface area contributed by atoms with Crippen molar-refractivity contribution in [2.75, 3.05) is 6.61 Å². The van der Waals surface area contributed by atoms with Crippen molar-refractivity contribution in [2.24, 2.45) is 5.92 Å².